The number of H-pyrrole nitrogens is 1. The number of aromatic amines is 1. The van der Waals surface area contributed by atoms with Crippen LogP contribution < -0.4 is 5.32 Å². The second kappa shape index (κ2) is 4.61. The highest BCUT2D eigenvalue weighted by Crippen LogP contribution is 2.19. The Bertz CT molecular complexity index is 441. The van der Waals surface area contributed by atoms with E-state index in [0.29, 0.717) is 16.9 Å². The fourth-order valence-corrected chi connectivity index (χ4v) is 1.40. The minimum atomic E-state index is -0.544. The number of carbonyl (C=O) groups excluding carboxylic acids is 2. The largest absolute Gasteiger partial charge is 0.444 e. The van der Waals surface area contributed by atoms with Crippen LogP contribution in [-0.2, 0) is 4.74 Å². The molecule has 1 aromatic heterocycles. The highest BCUT2D eigenvalue weighted by Gasteiger charge is 2.18. The first-order chi connectivity index (χ1) is 7.70. The lowest BCUT2D eigenvalue weighted by Gasteiger charge is -2.19. The Morgan fingerprint density at radius 2 is 1.94 bits per heavy atom. The summed E-state index contributed by atoms with van der Waals surface area (Å²) in [6.45, 7) is 8.60. The van der Waals surface area contributed by atoms with Crippen LogP contribution in [0.25, 0.3) is 0 Å². The molecule has 0 unspecified atom stereocenters. The van der Waals surface area contributed by atoms with Gasteiger partial charge in [-0.05, 0) is 27.7 Å². The van der Waals surface area contributed by atoms with Crippen molar-refractivity contribution >= 4 is 17.6 Å². The van der Waals surface area contributed by atoms with Crippen molar-refractivity contribution in [3.8, 4) is 0 Å². The van der Waals surface area contributed by atoms with Crippen molar-refractivity contribution in [2.45, 2.75) is 40.2 Å². The molecule has 17 heavy (non-hydrogen) atoms. The Labute approximate surface area is 101 Å². The molecule has 0 aromatic carbocycles. The summed E-state index contributed by atoms with van der Waals surface area (Å²) in [7, 11) is 0. The van der Waals surface area contributed by atoms with Gasteiger partial charge in [0.15, 0.2) is 5.78 Å². The summed E-state index contributed by atoms with van der Waals surface area (Å²) in [5.41, 5.74) is 1.22. The van der Waals surface area contributed by atoms with Gasteiger partial charge < -0.3 is 9.72 Å². The number of ketones is 1. The molecule has 5 nitrogen and oxygen atoms in total. The first-order valence-electron chi connectivity index (χ1n) is 5.39. The molecule has 1 amide bonds. The number of hydrogen-bond acceptors (Lipinski definition) is 3. The lowest BCUT2D eigenvalue weighted by Crippen LogP contribution is -2.27. The molecule has 0 atom stereocenters. The highest BCUT2D eigenvalue weighted by atomic mass is 16.6. The molecule has 0 radical (unpaired) electrons. The molecule has 0 bridgehead atoms. The third kappa shape index (κ3) is 3.62. The van der Waals surface area contributed by atoms with Gasteiger partial charge in [0.1, 0.15) is 5.60 Å². The quantitative estimate of drug-likeness (QED) is 0.778. The molecule has 0 saturated heterocycles. The zero-order valence-electron chi connectivity index (χ0n) is 10.8. The van der Waals surface area contributed by atoms with Crippen molar-refractivity contribution in [3.05, 3.63) is 17.5 Å². The predicted octanol–water partition coefficient (Wildman–Crippen LogP) is 2.87. The minimum absolute atomic E-state index is 0.0697. The molecule has 94 valence electrons. The smallest absolute Gasteiger partial charge is 0.412 e. The van der Waals surface area contributed by atoms with Gasteiger partial charge in [-0.3, -0.25) is 10.1 Å². The normalized spacial score (nSPS) is 11.1. The van der Waals surface area contributed by atoms with Crippen molar-refractivity contribution in [2.24, 2.45) is 0 Å². The maximum absolute atomic E-state index is 11.5. The molecule has 0 aliphatic carbocycles. The second-order valence-electron chi connectivity index (χ2n) is 4.89. The molecule has 0 saturated carbocycles. The van der Waals surface area contributed by atoms with E-state index in [1.54, 1.807) is 33.9 Å². The molecular formula is C12H18N2O3. The first kappa shape index (κ1) is 13.3. The average Bonchev–Trinajstić information content (AvgIpc) is 2.44. The summed E-state index contributed by atoms with van der Waals surface area (Å²) in [6.07, 6.45) is 1.05. The van der Waals surface area contributed by atoms with E-state index in [-0.39, 0.29) is 5.78 Å². The fourth-order valence-electron chi connectivity index (χ4n) is 1.40. The van der Waals surface area contributed by atoms with Gasteiger partial charge in [-0.15, -0.1) is 0 Å². The molecule has 2 N–H and O–H groups in total. The molecule has 1 aromatic rings. The molecule has 0 spiro atoms. The number of aromatic nitrogens is 1. The predicted molar refractivity (Wildman–Crippen MR) is 65.4 cm³/mol. The molecule has 0 aliphatic heterocycles. The second-order valence-corrected chi connectivity index (χ2v) is 4.89. The van der Waals surface area contributed by atoms with Gasteiger partial charge in [0, 0.05) is 18.7 Å². The van der Waals surface area contributed by atoms with Gasteiger partial charge >= 0.3 is 6.09 Å². The Hall–Kier alpha value is -1.78. The van der Waals surface area contributed by atoms with E-state index in [1.165, 1.54) is 6.92 Å². The summed E-state index contributed by atoms with van der Waals surface area (Å²) in [5.74, 6) is -0.0697. The maximum Gasteiger partial charge on any atom is 0.412 e. The third-order valence-electron chi connectivity index (χ3n) is 2.13. The van der Waals surface area contributed by atoms with E-state index in [0.717, 1.165) is 0 Å². The number of anilines is 1. The number of rotatable bonds is 2. The van der Waals surface area contributed by atoms with Crippen molar-refractivity contribution in [3.63, 3.8) is 0 Å². The molecular weight excluding hydrogens is 220 g/mol. The SMILES string of the molecule is CC(=O)c1[nH]cc(NC(=O)OC(C)(C)C)c1C. The fraction of sp³-hybridized carbons (Fsp3) is 0.500. The number of Topliss-reactive ketones (excluding diaryl/α,β-unsaturated/α-hetero) is 1. The van der Waals surface area contributed by atoms with E-state index >= 15 is 0 Å². The Balaban J connectivity index is 2.76. The number of amides is 1. The van der Waals surface area contributed by atoms with Crippen molar-refractivity contribution < 1.29 is 14.3 Å². The molecule has 0 aliphatic rings. The number of nitrogens with one attached hydrogen (secondary N) is 2. The van der Waals surface area contributed by atoms with Crippen LogP contribution in [0.3, 0.4) is 0 Å². The topological polar surface area (TPSA) is 71.2 Å². The minimum Gasteiger partial charge on any atom is -0.444 e. The average molecular weight is 238 g/mol. The van der Waals surface area contributed by atoms with Crippen molar-refractivity contribution in [2.75, 3.05) is 5.32 Å². The molecule has 1 heterocycles. The Kier molecular flexibility index (Phi) is 3.60. The van der Waals surface area contributed by atoms with E-state index in [4.69, 9.17) is 4.74 Å². The molecule has 1 rings (SSSR count). The van der Waals surface area contributed by atoms with Crippen LogP contribution in [0, 0.1) is 6.92 Å². The molecule has 5 heteroatoms. The van der Waals surface area contributed by atoms with Crippen LogP contribution in [0.2, 0.25) is 0 Å². The van der Waals surface area contributed by atoms with Crippen molar-refractivity contribution in [1.29, 1.82) is 0 Å². The van der Waals surface area contributed by atoms with Gasteiger partial charge in [-0.25, -0.2) is 4.79 Å². The lowest BCUT2D eigenvalue weighted by atomic mass is 10.2. The zero-order valence-corrected chi connectivity index (χ0v) is 10.8. The van der Waals surface area contributed by atoms with Crippen LogP contribution in [0.4, 0.5) is 10.5 Å². The van der Waals surface area contributed by atoms with Crippen LogP contribution in [0.5, 0.6) is 0 Å². The number of carbonyl (C=O) groups is 2. The van der Waals surface area contributed by atoms with Gasteiger partial charge in [0.25, 0.3) is 0 Å². The van der Waals surface area contributed by atoms with Gasteiger partial charge in [-0.1, -0.05) is 0 Å². The van der Waals surface area contributed by atoms with Crippen LogP contribution in [0.1, 0.15) is 43.7 Å². The number of hydrogen-bond donors (Lipinski definition) is 2. The van der Waals surface area contributed by atoms with Crippen LogP contribution in [-0.4, -0.2) is 22.5 Å². The summed E-state index contributed by atoms with van der Waals surface area (Å²) >= 11 is 0. The third-order valence-corrected chi connectivity index (χ3v) is 2.13. The Morgan fingerprint density at radius 3 is 2.35 bits per heavy atom. The molecule has 0 fully saturated rings. The number of ether oxygens (including phenoxy) is 1. The van der Waals surface area contributed by atoms with Crippen LogP contribution in [0.15, 0.2) is 6.20 Å². The van der Waals surface area contributed by atoms with E-state index in [9.17, 15) is 9.59 Å². The Morgan fingerprint density at radius 1 is 1.35 bits per heavy atom. The summed E-state index contributed by atoms with van der Waals surface area (Å²) in [6, 6.07) is 0. The van der Waals surface area contributed by atoms with Gasteiger partial charge in [0.05, 0.1) is 11.4 Å². The zero-order chi connectivity index (χ0) is 13.2. The van der Waals surface area contributed by atoms with E-state index < -0.39 is 11.7 Å². The maximum atomic E-state index is 11.5. The van der Waals surface area contributed by atoms with Crippen LogP contribution >= 0.6 is 0 Å². The summed E-state index contributed by atoms with van der Waals surface area (Å²) in [5, 5.41) is 2.60. The summed E-state index contributed by atoms with van der Waals surface area (Å²) < 4.78 is 5.12. The summed E-state index contributed by atoms with van der Waals surface area (Å²) in [4.78, 5) is 25.6. The van der Waals surface area contributed by atoms with Crippen molar-refractivity contribution in [1.82, 2.24) is 4.98 Å². The lowest BCUT2D eigenvalue weighted by molar-refractivity contribution is 0.0635. The first-order valence-corrected chi connectivity index (χ1v) is 5.39. The van der Waals surface area contributed by atoms with Gasteiger partial charge in [-0.2, -0.15) is 0 Å². The van der Waals surface area contributed by atoms with E-state index in [2.05, 4.69) is 10.3 Å². The highest BCUT2D eigenvalue weighted by molar-refractivity contribution is 5.97. The van der Waals surface area contributed by atoms with E-state index in [1.807, 2.05) is 0 Å². The standard InChI is InChI=1S/C12H18N2O3/c1-7-9(6-13-10(7)8(2)15)14-11(16)17-12(3,4)5/h6,13H,1-5H3,(H,14,16). The van der Waals surface area contributed by atoms with Gasteiger partial charge in [0.2, 0.25) is 0 Å². The monoisotopic (exact) mass is 238 g/mol.